The van der Waals surface area contributed by atoms with Gasteiger partial charge >= 0.3 is 0 Å². The fraction of sp³-hybridized carbons (Fsp3) is 0.375. The van der Waals surface area contributed by atoms with Crippen molar-refractivity contribution in [2.45, 2.75) is 0 Å². The number of amides is 1. The molecular formula is C16H16BrFN2O2S2. The van der Waals surface area contributed by atoms with Crippen LogP contribution in [0.2, 0.25) is 0 Å². The van der Waals surface area contributed by atoms with Gasteiger partial charge in [0.1, 0.15) is 10.1 Å². The van der Waals surface area contributed by atoms with Gasteiger partial charge in [0.25, 0.3) is 5.91 Å². The maximum absolute atomic E-state index is 13.3. The third kappa shape index (κ3) is 4.23. The number of thioether (sulfide) groups is 1. The Labute approximate surface area is 158 Å². The van der Waals surface area contributed by atoms with Crippen LogP contribution in [0, 0.1) is 5.82 Å². The minimum Gasteiger partial charge on any atom is -0.379 e. The average molecular weight is 431 g/mol. The Kier molecular flexibility index (Phi) is 6.04. The molecule has 2 heterocycles. The quantitative estimate of drug-likeness (QED) is 0.541. The maximum Gasteiger partial charge on any atom is 0.266 e. The molecule has 0 aromatic heterocycles. The first kappa shape index (κ1) is 18.0. The van der Waals surface area contributed by atoms with E-state index in [1.807, 2.05) is 0 Å². The second-order valence-electron chi connectivity index (χ2n) is 5.46. The van der Waals surface area contributed by atoms with Gasteiger partial charge in [0.05, 0.1) is 22.6 Å². The minimum absolute atomic E-state index is 0.0845. The zero-order chi connectivity index (χ0) is 17.1. The highest BCUT2D eigenvalue weighted by molar-refractivity contribution is 9.10. The van der Waals surface area contributed by atoms with E-state index < -0.39 is 0 Å². The Bertz CT molecular complexity index is 693. The van der Waals surface area contributed by atoms with Gasteiger partial charge in [-0.15, -0.1) is 0 Å². The van der Waals surface area contributed by atoms with Crippen LogP contribution in [0.3, 0.4) is 0 Å². The van der Waals surface area contributed by atoms with Crippen molar-refractivity contribution in [3.05, 3.63) is 39.0 Å². The van der Waals surface area contributed by atoms with Gasteiger partial charge in [0.15, 0.2) is 0 Å². The van der Waals surface area contributed by atoms with Crippen LogP contribution in [0.15, 0.2) is 27.6 Å². The molecule has 1 aromatic carbocycles. The van der Waals surface area contributed by atoms with Crippen molar-refractivity contribution in [1.29, 1.82) is 0 Å². The molecule has 2 saturated heterocycles. The molecule has 3 rings (SSSR count). The van der Waals surface area contributed by atoms with E-state index in [-0.39, 0.29) is 11.7 Å². The number of nitrogens with zero attached hydrogens (tertiary/aromatic N) is 2. The number of thiocarbonyl (C=S) groups is 1. The third-order valence-corrected chi connectivity index (χ3v) is 5.84. The van der Waals surface area contributed by atoms with Crippen molar-refractivity contribution in [1.82, 2.24) is 9.80 Å². The van der Waals surface area contributed by atoms with Gasteiger partial charge in [0, 0.05) is 26.2 Å². The SMILES string of the molecule is O=C1C(=Cc2ccc(F)c(Br)c2)SC(=S)N1CCN1CCOCC1. The lowest BCUT2D eigenvalue weighted by Gasteiger charge is -2.28. The summed E-state index contributed by atoms with van der Waals surface area (Å²) in [4.78, 5) is 17.0. The molecule has 2 fully saturated rings. The summed E-state index contributed by atoms with van der Waals surface area (Å²) in [6, 6.07) is 4.66. The highest BCUT2D eigenvalue weighted by Crippen LogP contribution is 2.33. The predicted octanol–water partition coefficient (Wildman–Crippen LogP) is 3.12. The molecule has 0 spiro atoms. The van der Waals surface area contributed by atoms with Gasteiger partial charge in [-0.05, 0) is 39.7 Å². The van der Waals surface area contributed by atoms with Crippen molar-refractivity contribution >= 4 is 56.2 Å². The molecule has 0 aliphatic carbocycles. The molecule has 0 atom stereocenters. The fourth-order valence-corrected chi connectivity index (χ4v) is 4.22. The van der Waals surface area contributed by atoms with Crippen LogP contribution >= 0.6 is 39.9 Å². The highest BCUT2D eigenvalue weighted by atomic mass is 79.9. The summed E-state index contributed by atoms with van der Waals surface area (Å²) in [6.45, 7) is 4.60. The summed E-state index contributed by atoms with van der Waals surface area (Å²) in [5.74, 6) is -0.413. The number of carbonyl (C=O) groups excluding carboxylic acids is 1. The number of carbonyl (C=O) groups is 1. The molecule has 0 unspecified atom stereocenters. The van der Waals surface area contributed by atoms with Crippen LogP contribution in [0.5, 0.6) is 0 Å². The van der Waals surface area contributed by atoms with Gasteiger partial charge in [-0.2, -0.15) is 0 Å². The average Bonchev–Trinajstić information content (AvgIpc) is 2.84. The number of hydrogen-bond acceptors (Lipinski definition) is 5. The predicted molar refractivity (Wildman–Crippen MR) is 101 cm³/mol. The molecule has 0 radical (unpaired) electrons. The van der Waals surface area contributed by atoms with Gasteiger partial charge in [0.2, 0.25) is 0 Å². The largest absolute Gasteiger partial charge is 0.379 e. The zero-order valence-corrected chi connectivity index (χ0v) is 16.1. The monoisotopic (exact) mass is 430 g/mol. The smallest absolute Gasteiger partial charge is 0.266 e. The zero-order valence-electron chi connectivity index (χ0n) is 12.8. The summed E-state index contributed by atoms with van der Waals surface area (Å²) in [5, 5.41) is 0. The molecule has 128 valence electrons. The Hall–Kier alpha value is -0.800. The van der Waals surface area contributed by atoms with Crippen LogP contribution < -0.4 is 0 Å². The Morgan fingerprint density at radius 3 is 2.79 bits per heavy atom. The van der Waals surface area contributed by atoms with Gasteiger partial charge in [-0.1, -0.05) is 30.0 Å². The summed E-state index contributed by atoms with van der Waals surface area (Å²) in [5.41, 5.74) is 0.761. The van der Waals surface area contributed by atoms with E-state index in [1.54, 1.807) is 23.1 Å². The molecule has 1 amide bonds. The lowest BCUT2D eigenvalue weighted by molar-refractivity contribution is -0.122. The topological polar surface area (TPSA) is 32.8 Å². The Morgan fingerprint density at radius 2 is 2.08 bits per heavy atom. The number of halogens is 2. The molecule has 0 saturated carbocycles. The third-order valence-electron chi connectivity index (χ3n) is 3.86. The highest BCUT2D eigenvalue weighted by Gasteiger charge is 2.32. The van der Waals surface area contributed by atoms with Gasteiger partial charge in [-0.25, -0.2) is 4.39 Å². The molecule has 1 aromatic rings. The van der Waals surface area contributed by atoms with E-state index in [0.717, 1.165) is 38.4 Å². The van der Waals surface area contributed by atoms with E-state index in [9.17, 15) is 9.18 Å². The summed E-state index contributed by atoms with van der Waals surface area (Å²) in [7, 11) is 0. The maximum atomic E-state index is 13.3. The number of rotatable bonds is 4. The number of morpholine rings is 1. The van der Waals surface area contributed by atoms with E-state index in [4.69, 9.17) is 17.0 Å². The lowest BCUT2D eigenvalue weighted by atomic mass is 10.2. The molecule has 0 N–H and O–H groups in total. The molecule has 4 nitrogen and oxygen atoms in total. The van der Waals surface area contributed by atoms with Crippen molar-refractivity contribution in [2.24, 2.45) is 0 Å². The van der Waals surface area contributed by atoms with E-state index >= 15 is 0 Å². The van der Waals surface area contributed by atoms with Crippen LogP contribution in [0.25, 0.3) is 6.08 Å². The normalized spacial score (nSPS) is 21.1. The molecule has 0 bridgehead atoms. The van der Waals surface area contributed by atoms with Gasteiger partial charge in [-0.3, -0.25) is 14.6 Å². The minimum atomic E-state index is -0.329. The van der Waals surface area contributed by atoms with E-state index in [1.165, 1.54) is 17.8 Å². The number of benzene rings is 1. The molecule has 8 heteroatoms. The summed E-state index contributed by atoms with van der Waals surface area (Å²) in [6.07, 6.45) is 1.75. The van der Waals surface area contributed by atoms with Crippen molar-refractivity contribution < 1.29 is 13.9 Å². The van der Waals surface area contributed by atoms with Crippen molar-refractivity contribution in [3.63, 3.8) is 0 Å². The number of hydrogen-bond donors (Lipinski definition) is 0. The fourth-order valence-electron chi connectivity index (χ4n) is 2.51. The summed E-state index contributed by atoms with van der Waals surface area (Å²) >= 11 is 9.78. The Balaban J connectivity index is 1.66. The standard InChI is InChI=1S/C16H16BrFN2O2S2/c17-12-9-11(1-2-13(12)18)10-14-15(21)20(16(23)24-14)4-3-19-5-7-22-8-6-19/h1-2,9-10H,3-8H2. The van der Waals surface area contributed by atoms with Crippen LogP contribution in [0.1, 0.15) is 5.56 Å². The van der Waals surface area contributed by atoms with E-state index in [2.05, 4.69) is 20.8 Å². The first-order chi connectivity index (χ1) is 11.5. The second-order valence-corrected chi connectivity index (χ2v) is 7.99. The molecule has 2 aliphatic heterocycles. The van der Waals surface area contributed by atoms with Crippen molar-refractivity contribution in [3.8, 4) is 0 Å². The lowest BCUT2D eigenvalue weighted by Crippen LogP contribution is -2.42. The van der Waals surface area contributed by atoms with Crippen LogP contribution in [-0.2, 0) is 9.53 Å². The van der Waals surface area contributed by atoms with Crippen molar-refractivity contribution in [2.75, 3.05) is 39.4 Å². The molecule has 24 heavy (non-hydrogen) atoms. The first-order valence-electron chi connectivity index (χ1n) is 7.55. The molecular weight excluding hydrogens is 415 g/mol. The van der Waals surface area contributed by atoms with Gasteiger partial charge < -0.3 is 4.74 Å². The second kappa shape index (κ2) is 8.05. The molecule has 2 aliphatic rings. The summed E-state index contributed by atoms with van der Waals surface area (Å²) < 4.78 is 19.6. The number of ether oxygens (including phenoxy) is 1. The van der Waals surface area contributed by atoms with Crippen LogP contribution in [0.4, 0.5) is 4.39 Å². The van der Waals surface area contributed by atoms with E-state index in [0.29, 0.717) is 20.2 Å². The van der Waals surface area contributed by atoms with Crippen LogP contribution in [-0.4, -0.2) is 59.4 Å². The Morgan fingerprint density at radius 1 is 1.33 bits per heavy atom. The first-order valence-corrected chi connectivity index (χ1v) is 9.57.